The van der Waals surface area contributed by atoms with Gasteiger partial charge in [0.15, 0.2) is 0 Å². The zero-order valence-corrected chi connectivity index (χ0v) is 33.7. The lowest BCUT2D eigenvalue weighted by Gasteiger charge is -2.48. The fraction of sp³-hybridized carbons (Fsp3) is 0.440. The number of hydrogen-bond acceptors (Lipinski definition) is 4. The minimum Gasteiger partial charge on any atom is -0.276 e. The molecule has 56 heavy (non-hydrogen) atoms. The molecule has 6 heteroatoms. The number of carbonyl (C=O) groups excluding carboxylic acids is 4. The van der Waals surface area contributed by atoms with E-state index in [0.717, 1.165) is 31.2 Å². The second-order valence-electron chi connectivity index (χ2n) is 18.2. The molecule has 7 unspecified atom stereocenters. The van der Waals surface area contributed by atoms with Gasteiger partial charge in [-0.05, 0) is 107 Å². The van der Waals surface area contributed by atoms with Gasteiger partial charge in [-0.2, -0.15) is 0 Å². The van der Waals surface area contributed by atoms with Crippen molar-refractivity contribution < 1.29 is 19.2 Å². The topological polar surface area (TPSA) is 74.8 Å². The summed E-state index contributed by atoms with van der Waals surface area (Å²) in [4.78, 5) is 60.5. The maximum absolute atomic E-state index is 14.6. The van der Waals surface area contributed by atoms with E-state index < -0.39 is 34.6 Å². The molecule has 0 aromatic heterocycles. The number of nitrogens with zero attached hydrogens (tertiary/aromatic N) is 2. The lowest BCUT2D eigenvalue weighted by atomic mass is 9.51. The summed E-state index contributed by atoms with van der Waals surface area (Å²) in [5, 5.41) is 0. The van der Waals surface area contributed by atoms with E-state index in [1.807, 2.05) is 26.0 Å². The Hall–Kier alpha value is -4.84. The second kappa shape index (κ2) is 13.1. The molecule has 0 radical (unpaired) electrons. The SMILES string of the molecule is CCCC(C)(C)c1ccc(C2(c3ccc(N4C(=O)C5C6CCC(C5C4=O)C4C(=O)N(C(C)(CC)CCC)C(=O)C64)cc3)c3ccccc3-c3ccccc32)cc1. The predicted molar refractivity (Wildman–Crippen MR) is 220 cm³/mol. The molecule has 10 rings (SSSR count). The Balaban J connectivity index is 1.10. The van der Waals surface area contributed by atoms with Crippen LogP contribution < -0.4 is 4.90 Å². The van der Waals surface area contributed by atoms with Crippen molar-refractivity contribution in [1.82, 2.24) is 4.90 Å². The van der Waals surface area contributed by atoms with E-state index in [1.54, 1.807) is 4.90 Å². The zero-order chi connectivity index (χ0) is 39.3. The third-order valence-electron chi connectivity index (χ3n) is 15.0. The average molecular weight is 747 g/mol. The van der Waals surface area contributed by atoms with Crippen LogP contribution in [0.2, 0.25) is 0 Å². The van der Waals surface area contributed by atoms with Crippen molar-refractivity contribution >= 4 is 29.3 Å². The van der Waals surface area contributed by atoms with Crippen LogP contribution in [0, 0.1) is 35.5 Å². The lowest BCUT2D eigenvalue weighted by Crippen LogP contribution is -2.53. The van der Waals surface area contributed by atoms with Crippen molar-refractivity contribution in [2.45, 2.75) is 103 Å². The molecule has 4 aromatic carbocycles. The largest absolute Gasteiger partial charge is 0.276 e. The van der Waals surface area contributed by atoms with Crippen LogP contribution in [0.4, 0.5) is 5.69 Å². The second-order valence-corrected chi connectivity index (χ2v) is 18.2. The van der Waals surface area contributed by atoms with Gasteiger partial charge in [0.25, 0.3) is 0 Å². The molecule has 2 aliphatic heterocycles. The molecule has 7 atom stereocenters. The highest BCUT2D eigenvalue weighted by Crippen LogP contribution is 2.62. The van der Waals surface area contributed by atoms with Crippen molar-refractivity contribution in [3.8, 4) is 11.1 Å². The number of imide groups is 2. The highest BCUT2D eigenvalue weighted by molar-refractivity contribution is 6.23. The fourth-order valence-electron chi connectivity index (χ4n) is 12.4. The summed E-state index contributed by atoms with van der Waals surface area (Å²) in [6.45, 7) is 13.0. The van der Waals surface area contributed by atoms with Gasteiger partial charge < -0.3 is 0 Å². The van der Waals surface area contributed by atoms with Gasteiger partial charge >= 0.3 is 0 Å². The molecule has 0 N–H and O–H groups in total. The third-order valence-corrected chi connectivity index (χ3v) is 15.0. The Morgan fingerprint density at radius 2 is 1.02 bits per heavy atom. The van der Waals surface area contributed by atoms with Crippen LogP contribution in [-0.2, 0) is 30.0 Å². The number of carbonyl (C=O) groups is 4. The highest BCUT2D eigenvalue weighted by Gasteiger charge is 2.71. The van der Waals surface area contributed by atoms with Gasteiger partial charge in [-0.25, -0.2) is 0 Å². The highest BCUT2D eigenvalue weighted by atomic mass is 16.2. The summed E-state index contributed by atoms with van der Waals surface area (Å²) in [5.74, 6) is -3.50. The van der Waals surface area contributed by atoms with Gasteiger partial charge in [0, 0.05) is 5.54 Å². The quantitative estimate of drug-likeness (QED) is 0.133. The summed E-state index contributed by atoms with van der Waals surface area (Å²) in [5.41, 5.74) is 7.81. The number of likely N-dealkylation sites (tertiary alicyclic amines) is 1. The normalized spacial score (nSPS) is 27.0. The molecule has 288 valence electrons. The molecule has 4 amide bonds. The standard InChI is InChI=1S/C50H54N2O4/c1-7-28-48(4,5)30-18-20-31(21-19-30)50(38-16-12-10-14-34(38)35-15-11-13-17-39(35)50)32-22-24-33(25-23-32)51-44(53)40-36-26-27-37(41(40)45(51)54)43-42(36)46(55)52(47(43)56)49(6,9-3)29-8-2/h10-25,36-37,40-43H,7-9,26-29H2,1-6H3. The minimum atomic E-state index is -0.611. The van der Waals surface area contributed by atoms with Crippen molar-refractivity contribution in [3.63, 3.8) is 0 Å². The fourth-order valence-corrected chi connectivity index (χ4v) is 12.4. The molecule has 2 saturated heterocycles. The van der Waals surface area contributed by atoms with Crippen LogP contribution in [0.3, 0.4) is 0 Å². The number of hydrogen-bond donors (Lipinski definition) is 0. The first-order chi connectivity index (χ1) is 26.9. The molecule has 3 saturated carbocycles. The Bertz CT molecular complexity index is 2160. The lowest BCUT2D eigenvalue weighted by molar-refractivity contribution is -0.148. The monoisotopic (exact) mass is 746 g/mol. The predicted octanol–water partition coefficient (Wildman–Crippen LogP) is 9.84. The maximum Gasteiger partial charge on any atom is 0.237 e. The molecule has 0 spiro atoms. The molecule has 4 aliphatic carbocycles. The number of fused-ring (bicyclic) bond motifs is 4. The van der Waals surface area contributed by atoms with E-state index in [4.69, 9.17) is 0 Å². The summed E-state index contributed by atoms with van der Waals surface area (Å²) < 4.78 is 0. The minimum absolute atomic E-state index is 0.0583. The smallest absolute Gasteiger partial charge is 0.237 e. The molecule has 2 heterocycles. The van der Waals surface area contributed by atoms with Crippen LogP contribution >= 0.6 is 0 Å². The van der Waals surface area contributed by atoms with Gasteiger partial charge in [0.1, 0.15) is 0 Å². The van der Waals surface area contributed by atoms with Gasteiger partial charge in [-0.3, -0.25) is 29.0 Å². The Labute approximate surface area is 331 Å². The van der Waals surface area contributed by atoms with Crippen molar-refractivity contribution in [2.24, 2.45) is 35.5 Å². The average Bonchev–Trinajstić information content (AvgIpc) is 3.78. The Kier molecular flexibility index (Phi) is 8.61. The van der Waals surface area contributed by atoms with E-state index >= 15 is 0 Å². The first-order valence-corrected chi connectivity index (χ1v) is 21.1. The number of benzene rings is 4. The van der Waals surface area contributed by atoms with Gasteiger partial charge in [0.2, 0.25) is 23.6 Å². The number of anilines is 1. The van der Waals surface area contributed by atoms with Crippen molar-refractivity contribution in [2.75, 3.05) is 4.90 Å². The first-order valence-electron chi connectivity index (χ1n) is 21.1. The van der Waals surface area contributed by atoms with Crippen LogP contribution in [0.1, 0.15) is 114 Å². The van der Waals surface area contributed by atoms with E-state index in [-0.39, 0.29) is 40.9 Å². The molecular weight excluding hydrogens is 693 g/mol. The number of rotatable bonds is 10. The van der Waals surface area contributed by atoms with E-state index in [1.165, 1.54) is 38.3 Å². The van der Waals surface area contributed by atoms with Crippen LogP contribution in [0.15, 0.2) is 97.1 Å². The van der Waals surface area contributed by atoms with Crippen molar-refractivity contribution in [3.05, 3.63) is 125 Å². The molecule has 6 nitrogen and oxygen atoms in total. The molecule has 6 aliphatic rings. The first kappa shape index (κ1) is 36.8. The van der Waals surface area contributed by atoms with Crippen LogP contribution in [-0.4, -0.2) is 34.1 Å². The molecular formula is C50H54N2O4. The summed E-state index contributed by atoms with van der Waals surface area (Å²) in [6.07, 6.45) is 5.89. The van der Waals surface area contributed by atoms with Crippen molar-refractivity contribution in [1.29, 1.82) is 0 Å². The molecule has 4 aromatic rings. The van der Waals surface area contributed by atoms with E-state index in [0.29, 0.717) is 24.9 Å². The number of amides is 4. The maximum atomic E-state index is 14.6. The van der Waals surface area contributed by atoms with Crippen LogP contribution in [0.5, 0.6) is 0 Å². The third kappa shape index (κ3) is 4.86. The van der Waals surface area contributed by atoms with E-state index in [2.05, 4.69) is 113 Å². The van der Waals surface area contributed by atoms with Crippen LogP contribution in [0.25, 0.3) is 11.1 Å². The molecule has 5 fully saturated rings. The van der Waals surface area contributed by atoms with Gasteiger partial charge in [-0.15, -0.1) is 0 Å². The summed E-state index contributed by atoms with van der Waals surface area (Å²) in [6, 6.07) is 34.5. The van der Waals surface area contributed by atoms with E-state index in [9.17, 15) is 19.2 Å². The molecule has 2 bridgehead atoms. The summed E-state index contributed by atoms with van der Waals surface area (Å²) in [7, 11) is 0. The van der Waals surface area contributed by atoms with Gasteiger partial charge in [0.05, 0.1) is 34.8 Å². The Morgan fingerprint density at radius 1 is 0.571 bits per heavy atom. The Morgan fingerprint density at radius 3 is 1.48 bits per heavy atom. The zero-order valence-electron chi connectivity index (χ0n) is 33.7. The summed E-state index contributed by atoms with van der Waals surface area (Å²) >= 11 is 0. The van der Waals surface area contributed by atoms with Gasteiger partial charge in [-0.1, -0.05) is 132 Å².